The smallest absolute Gasteiger partial charge is 0.417 e. The first-order chi connectivity index (χ1) is 22.9. The molecule has 1 aliphatic heterocycles. The summed E-state index contributed by atoms with van der Waals surface area (Å²) in [4.78, 5) is 29.3. The van der Waals surface area contributed by atoms with Crippen molar-refractivity contribution in [3.63, 3.8) is 0 Å². The summed E-state index contributed by atoms with van der Waals surface area (Å²) in [7, 11) is -2.22. The highest BCUT2D eigenvalue weighted by molar-refractivity contribution is 6.74. The normalized spacial score (nSPS) is 17.4. The highest BCUT2D eigenvalue weighted by Crippen LogP contribution is 2.39. The molecule has 1 saturated heterocycles. The lowest BCUT2D eigenvalue weighted by Crippen LogP contribution is -2.52. The lowest BCUT2D eigenvalue weighted by atomic mass is 9.83. The first-order valence-corrected chi connectivity index (χ1v) is 21.8. The number of amides is 2. The minimum Gasteiger partial charge on any atom is -0.447 e. The number of aliphatic hydroxyl groups excluding tert-OH is 1. The Balaban J connectivity index is 1.76. The van der Waals surface area contributed by atoms with E-state index in [0.29, 0.717) is 6.42 Å². The topological polar surface area (TPSA) is 76.1 Å². The van der Waals surface area contributed by atoms with E-state index < -0.39 is 38.6 Å². The number of hydrogen-bond donors (Lipinski definition) is 1. The van der Waals surface area contributed by atoms with E-state index in [1.54, 1.807) is 0 Å². The molecule has 0 radical (unpaired) electrons. The molecule has 0 bridgehead atoms. The molecule has 0 saturated carbocycles. The lowest BCUT2D eigenvalue weighted by Gasteiger charge is -2.41. The standard InChI is InChI=1S/C41H65NO5Si/c1-8-9-10-11-12-13-14-15-16-17-18-25-30-35(38(43)32(2)47-48(6,7)41(3,4)5)39(44)42-36(31-46-40(42)45)37(33-26-21-19-22-27-33)34-28-23-20-24-29-34/h19-24,26-29,32,35-38,43H,8-18,25,30-31H2,1-7H3/t32-,35+,36-,38-/m0/s1. The van der Waals surface area contributed by atoms with E-state index in [9.17, 15) is 14.7 Å². The maximum Gasteiger partial charge on any atom is 0.417 e. The van der Waals surface area contributed by atoms with Crippen LogP contribution in [0.2, 0.25) is 18.1 Å². The van der Waals surface area contributed by atoms with Gasteiger partial charge in [-0.2, -0.15) is 0 Å². The van der Waals surface area contributed by atoms with Crippen LogP contribution in [0.1, 0.15) is 135 Å². The van der Waals surface area contributed by atoms with Crippen LogP contribution < -0.4 is 0 Å². The molecule has 6 nitrogen and oxygen atoms in total. The highest BCUT2D eigenvalue weighted by atomic mass is 28.4. The third-order valence-corrected chi connectivity index (χ3v) is 15.3. The zero-order valence-electron chi connectivity index (χ0n) is 31.1. The fourth-order valence-electron chi connectivity index (χ4n) is 6.75. The molecule has 3 rings (SSSR count). The molecular formula is C41H65NO5Si. The van der Waals surface area contributed by atoms with Gasteiger partial charge >= 0.3 is 6.09 Å². The van der Waals surface area contributed by atoms with E-state index in [0.717, 1.165) is 30.4 Å². The quantitative estimate of drug-likeness (QED) is 0.105. The van der Waals surface area contributed by atoms with Gasteiger partial charge in [0.15, 0.2) is 8.32 Å². The first-order valence-electron chi connectivity index (χ1n) is 18.8. The largest absolute Gasteiger partial charge is 0.447 e. The summed E-state index contributed by atoms with van der Waals surface area (Å²) in [5.74, 6) is -1.39. The van der Waals surface area contributed by atoms with Crippen molar-refractivity contribution in [3.05, 3.63) is 71.8 Å². The van der Waals surface area contributed by atoms with Crippen LogP contribution >= 0.6 is 0 Å². The summed E-state index contributed by atoms with van der Waals surface area (Å²) in [5.41, 5.74) is 2.02. The van der Waals surface area contributed by atoms with E-state index in [4.69, 9.17) is 9.16 Å². The van der Waals surface area contributed by atoms with Gasteiger partial charge in [-0.3, -0.25) is 4.79 Å². The van der Waals surface area contributed by atoms with Gasteiger partial charge in [0.05, 0.1) is 24.2 Å². The number of nitrogens with zero attached hydrogens (tertiary/aromatic N) is 1. The molecule has 0 unspecified atom stereocenters. The van der Waals surface area contributed by atoms with Crippen molar-refractivity contribution in [1.82, 2.24) is 4.90 Å². The molecule has 2 aromatic rings. The summed E-state index contributed by atoms with van der Waals surface area (Å²) >= 11 is 0. The van der Waals surface area contributed by atoms with Crippen LogP contribution in [-0.2, 0) is 14.0 Å². The van der Waals surface area contributed by atoms with Crippen LogP contribution in [0.15, 0.2) is 60.7 Å². The molecule has 2 amide bonds. The number of benzene rings is 2. The monoisotopic (exact) mass is 679 g/mol. The number of rotatable bonds is 21. The van der Waals surface area contributed by atoms with Gasteiger partial charge in [-0.25, -0.2) is 9.69 Å². The Kier molecular flexibility index (Phi) is 16.3. The molecule has 7 heteroatoms. The van der Waals surface area contributed by atoms with Crippen LogP contribution in [0.5, 0.6) is 0 Å². The predicted octanol–water partition coefficient (Wildman–Crippen LogP) is 10.6. The van der Waals surface area contributed by atoms with Crippen LogP contribution in [0.3, 0.4) is 0 Å². The first kappa shape index (κ1) is 40.0. The molecule has 0 aliphatic carbocycles. The van der Waals surface area contributed by atoms with Gasteiger partial charge in [-0.15, -0.1) is 0 Å². The minimum atomic E-state index is -2.22. The Labute approximate surface area is 293 Å². The van der Waals surface area contributed by atoms with E-state index in [-0.39, 0.29) is 23.5 Å². The number of ether oxygens (including phenoxy) is 1. The van der Waals surface area contributed by atoms with Gasteiger partial charge in [0.25, 0.3) is 0 Å². The van der Waals surface area contributed by atoms with Gasteiger partial charge in [-0.05, 0) is 42.6 Å². The van der Waals surface area contributed by atoms with Crippen molar-refractivity contribution in [2.75, 3.05) is 6.61 Å². The summed E-state index contributed by atoms with van der Waals surface area (Å²) in [6.45, 7) is 15.1. The van der Waals surface area contributed by atoms with Crippen molar-refractivity contribution in [1.29, 1.82) is 0 Å². The second kappa shape index (κ2) is 19.6. The number of carbonyl (C=O) groups is 2. The number of imide groups is 1. The van der Waals surface area contributed by atoms with Gasteiger partial charge in [0, 0.05) is 5.92 Å². The second-order valence-electron chi connectivity index (χ2n) is 15.5. The van der Waals surface area contributed by atoms with Crippen molar-refractivity contribution >= 4 is 20.3 Å². The minimum absolute atomic E-state index is 0.0432. The average Bonchev–Trinajstić information content (AvgIpc) is 3.43. The average molecular weight is 680 g/mol. The summed E-state index contributed by atoms with van der Waals surface area (Å²) < 4.78 is 12.2. The Morgan fingerprint density at radius 1 is 0.854 bits per heavy atom. The van der Waals surface area contributed by atoms with E-state index >= 15 is 0 Å². The van der Waals surface area contributed by atoms with E-state index in [1.807, 2.05) is 67.6 Å². The zero-order valence-corrected chi connectivity index (χ0v) is 32.1. The second-order valence-corrected chi connectivity index (χ2v) is 20.3. The van der Waals surface area contributed by atoms with Crippen molar-refractivity contribution in [3.8, 4) is 0 Å². The number of unbranched alkanes of at least 4 members (excludes halogenated alkanes) is 11. The molecular weight excluding hydrogens is 615 g/mol. The summed E-state index contributed by atoms with van der Waals surface area (Å²) in [6, 6.07) is 19.5. The number of aliphatic hydroxyl groups is 1. The van der Waals surface area contributed by atoms with Gasteiger partial charge in [-0.1, -0.05) is 165 Å². The third kappa shape index (κ3) is 11.6. The Morgan fingerprint density at radius 2 is 1.31 bits per heavy atom. The number of carbonyl (C=O) groups excluding carboxylic acids is 2. The summed E-state index contributed by atoms with van der Waals surface area (Å²) in [5, 5.41) is 11.8. The molecule has 0 aromatic heterocycles. The fraction of sp³-hybridized carbons (Fsp3) is 0.659. The van der Waals surface area contributed by atoms with Crippen molar-refractivity contribution in [2.45, 2.75) is 160 Å². The molecule has 1 fully saturated rings. The summed E-state index contributed by atoms with van der Waals surface area (Å²) in [6.07, 6.45) is 12.9. The Morgan fingerprint density at radius 3 is 1.77 bits per heavy atom. The molecule has 1 N–H and O–H groups in total. The Bertz CT molecular complexity index is 1170. The lowest BCUT2D eigenvalue weighted by molar-refractivity contribution is -0.140. The van der Waals surface area contributed by atoms with Crippen LogP contribution in [0.4, 0.5) is 4.79 Å². The highest BCUT2D eigenvalue weighted by Gasteiger charge is 2.48. The van der Waals surface area contributed by atoms with Crippen molar-refractivity contribution in [2.24, 2.45) is 5.92 Å². The maximum absolute atomic E-state index is 14.6. The molecule has 2 aromatic carbocycles. The van der Waals surface area contributed by atoms with Gasteiger partial charge in [0.2, 0.25) is 5.91 Å². The Hall–Kier alpha value is -2.48. The van der Waals surface area contributed by atoms with Crippen LogP contribution in [-0.4, -0.2) is 55.2 Å². The SMILES string of the molecule is CCCCCCCCCCCCCC[C@@H](C(=O)N1C(=O)OC[C@H]1C(c1ccccc1)c1ccccc1)[C@@H](O)[C@H](C)O[Si](C)(C)C(C)(C)C. The molecule has 268 valence electrons. The number of cyclic esters (lactones) is 1. The number of hydrogen-bond acceptors (Lipinski definition) is 5. The van der Waals surface area contributed by atoms with Gasteiger partial charge in [0.1, 0.15) is 6.61 Å². The molecule has 4 atom stereocenters. The molecule has 1 heterocycles. The maximum atomic E-state index is 14.6. The molecule has 0 spiro atoms. The van der Waals surface area contributed by atoms with Crippen molar-refractivity contribution < 1.29 is 23.9 Å². The molecule has 48 heavy (non-hydrogen) atoms. The fourth-order valence-corrected chi connectivity index (χ4v) is 8.18. The molecule has 1 aliphatic rings. The predicted molar refractivity (Wildman–Crippen MR) is 200 cm³/mol. The van der Waals surface area contributed by atoms with Gasteiger partial charge < -0.3 is 14.3 Å². The van der Waals surface area contributed by atoms with E-state index in [1.165, 1.54) is 62.7 Å². The third-order valence-electron chi connectivity index (χ3n) is 10.7. The van der Waals surface area contributed by atoms with Crippen LogP contribution in [0.25, 0.3) is 0 Å². The van der Waals surface area contributed by atoms with Crippen LogP contribution in [0, 0.1) is 5.92 Å². The van der Waals surface area contributed by atoms with E-state index in [2.05, 4.69) is 40.8 Å². The zero-order chi connectivity index (χ0) is 35.2.